The minimum Gasteiger partial charge on any atom is -0.274 e. The van der Waals surface area contributed by atoms with Gasteiger partial charge in [0.05, 0.1) is 17.8 Å². The summed E-state index contributed by atoms with van der Waals surface area (Å²) >= 11 is 0. The molecule has 1 fully saturated rings. The van der Waals surface area contributed by atoms with Crippen LogP contribution < -0.4 is 4.90 Å². The Morgan fingerprint density at radius 1 is 1.00 bits per heavy atom. The number of carbonyl (C=O) groups excluding carboxylic acids is 2. The van der Waals surface area contributed by atoms with Crippen molar-refractivity contribution in [3.05, 3.63) is 46.3 Å². The molecular weight excluding hydrogens is 290 g/mol. The van der Waals surface area contributed by atoms with Gasteiger partial charge < -0.3 is 0 Å². The molecule has 1 aromatic heterocycles. The average molecular weight is 311 g/mol. The fraction of sp³-hybridized carbons (Fsp3) is 0.389. The van der Waals surface area contributed by atoms with E-state index in [0.29, 0.717) is 0 Å². The highest BCUT2D eigenvalue weighted by atomic mass is 16.2. The summed E-state index contributed by atoms with van der Waals surface area (Å²) in [5.74, 6) is -0.362. The second-order valence-electron chi connectivity index (χ2n) is 6.41. The maximum absolute atomic E-state index is 12.9. The van der Waals surface area contributed by atoms with Crippen LogP contribution in [0.15, 0.2) is 18.2 Å². The third-order valence-corrected chi connectivity index (χ3v) is 4.32. The number of hydrogen-bond acceptors (Lipinski definition) is 3. The van der Waals surface area contributed by atoms with Crippen LogP contribution in [-0.2, 0) is 9.59 Å². The van der Waals surface area contributed by atoms with Crippen molar-refractivity contribution in [2.45, 2.75) is 47.1 Å². The number of imide groups is 1. The van der Waals surface area contributed by atoms with E-state index in [0.717, 1.165) is 33.8 Å². The maximum Gasteiger partial charge on any atom is 0.259 e. The van der Waals surface area contributed by atoms with Crippen LogP contribution in [0.5, 0.6) is 0 Å². The van der Waals surface area contributed by atoms with Crippen LogP contribution in [-0.4, -0.2) is 21.6 Å². The van der Waals surface area contributed by atoms with Gasteiger partial charge >= 0.3 is 0 Å². The molecule has 0 N–H and O–H groups in total. The molecule has 1 aromatic carbocycles. The zero-order chi connectivity index (χ0) is 16.9. The standard InChI is InChI=1S/C18H21N3O2/c1-10-6-11(2)17(12(3)7-10)20-16(22)9-15(18(20)23)21-14(5)8-13(4)19-21/h6-8,15H,9H2,1-5H3. The van der Waals surface area contributed by atoms with E-state index < -0.39 is 6.04 Å². The average Bonchev–Trinajstić information content (AvgIpc) is 2.90. The molecule has 2 heterocycles. The molecule has 1 aliphatic heterocycles. The normalized spacial score (nSPS) is 18.1. The Morgan fingerprint density at radius 3 is 2.13 bits per heavy atom. The lowest BCUT2D eigenvalue weighted by atomic mass is 10.0. The van der Waals surface area contributed by atoms with Crippen LogP contribution >= 0.6 is 0 Å². The summed E-state index contributed by atoms with van der Waals surface area (Å²) in [6, 6.07) is 5.37. The van der Waals surface area contributed by atoms with Gasteiger partial charge in [0, 0.05) is 5.69 Å². The van der Waals surface area contributed by atoms with Gasteiger partial charge in [0.1, 0.15) is 6.04 Å². The largest absolute Gasteiger partial charge is 0.274 e. The molecule has 1 atom stereocenters. The predicted octanol–water partition coefficient (Wildman–Crippen LogP) is 2.93. The zero-order valence-corrected chi connectivity index (χ0v) is 14.2. The molecule has 120 valence electrons. The summed E-state index contributed by atoms with van der Waals surface area (Å²) in [4.78, 5) is 26.8. The minimum atomic E-state index is -0.545. The molecule has 0 aliphatic carbocycles. The van der Waals surface area contributed by atoms with E-state index in [1.807, 2.05) is 52.8 Å². The number of anilines is 1. The Morgan fingerprint density at radius 2 is 1.61 bits per heavy atom. The number of amides is 2. The molecule has 23 heavy (non-hydrogen) atoms. The number of aryl methyl sites for hydroxylation is 5. The second-order valence-corrected chi connectivity index (χ2v) is 6.41. The van der Waals surface area contributed by atoms with Gasteiger partial charge in [0.15, 0.2) is 0 Å². The SMILES string of the molecule is Cc1cc(C)c(N2C(=O)CC(n3nc(C)cc3C)C2=O)c(C)c1. The Balaban J connectivity index is 2.05. The van der Waals surface area contributed by atoms with Gasteiger partial charge in [0.25, 0.3) is 5.91 Å². The molecule has 0 radical (unpaired) electrons. The van der Waals surface area contributed by atoms with Gasteiger partial charge in [-0.05, 0) is 51.8 Å². The summed E-state index contributed by atoms with van der Waals surface area (Å²) in [7, 11) is 0. The first kappa shape index (κ1) is 15.5. The third kappa shape index (κ3) is 2.46. The van der Waals surface area contributed by atoms with E-state index in [-0.39, 0.29) is 18.2 Å². The number of hydrogen-bond donors (Lipinski definition) is 0. The van der Waals surface area contributed by atoms with Crippen molar-refractivity contribution in [2.75, 3.05) is 4.90 Å². The van der Waals surface area contributed by atoms with Crippen LogP contribution in [0.2, 0.25) is 0 Å². The topological polar surface area (TPSA) is 55.2 Å². The lowest BCUT2D eigenvalue weighted by Gasteiger charge is -2.21. The molecule has 0 saturated carbocycles. The number of carbonyl (C=O) groups is 2. The number of benzene rings is 1. The van der Waals surface area contributed by atoms with Crippen molar-refractivity contribution in [2.24, 2.45) is 0 Å². The molecule has 1 aliphatic rings. The highest BCUT2D eigenvalue weighted by Crippen LogP contribution is 2.34. The van der Waals surface area contributed by atoms with E-state index in [1.54, 1.807) is 4.68 Å². The fourth-order valence-corrected chi connectivity index (χ4v) is 3.53. The Hall–Kier alpha value is -2.43. The van der Waals surface area contributed by atoms with Crippen molar-refractivity contribution >= 4 is 17.5 Å². The lowest BCUT2D eigenvalue weighted by molar-refractivity contribution is -0.122. The fourth-order valence-electron chi connectivity index (χ4n) is 3.53. The van der Waals surface area contributed by atoms with Crippen molar-refractivity contribution in [1.82, 2.24) is 9.78 Å². The first-order chi connectivity index (χ1) is 10.8. The number of rotatable bonds is 2. The maximum atomic E-state index is 12.9. The first-order valence-electron chi connectivity index (χ1n) is 7.77. The summed E-state index contributed by atoms with van der Waals surface area (Å²) < 4.78 is 1.68. The number of nitrogens with zero attached hydrogens (tertiary/aromatic N) is 3. The summed E-state index contributed by atoms with van der Waals surface area (Å²) in [5.41, 5.74) is 5.47. The van der Waals surface area contributed by atoms with Crippen LogP contribution in [0.25, 0.3) is 0 Å². The molecule has 2 aromatic rings. The van der Waals surface area contributed by atoms with Gasteiger partial charge in [-0.1, -0.05) is 17.7 Å². The van der Waals surface area contributed by atoms with Crippen molar-refractivity contribution < 1.29 is 9.59 Å². The zero-order valence-electron chi connectivity index (χ0n) is 14.2. The Labute approximate surface area is 135 Å². The molecule has 0 spiro atoms. The van der Waals surface area contributed by atoms with Gasteiger partial charge in [0.2, 0.25) is 5.91 Å². The molecule has 0 bridgehead atoms. The van der Waals surface area contributed by atoms with Gasteiger partial charge in [-0.15, -0.1) is 0 Å². The molecule has 5 heteroatoms. The van der Waals surface area contributed by atoms with E-state index in [2.05, 4.69) is 5.10 Å². The van der Waals surface area contributed by atoms with Crippen LogP contribution in [0, 0.1) is 34.6 Å². The second kappa shape index (κ2) is 5.33. The van der Waals surface area contributed by atoms with Crippen LogP contribution in [0.3, 0.4) is 0 Å². The van der Waals surface area contributed by atoms with E-state index >= 15 is 0 Å². The van der Waals surface area contributed by atoms with Gasteiger partial charge in [-0.3, -0.25) is 14.3 Å². The molecule has 1 saturated heterocycles. The summed E-state index contributed by atoms with van der Waals surface area (Å²) in [6.45, 7) is 9.68. The van der Waals surface area contributed by atoms with Crippen LogP contribution in [0.4, 0.5) is 5.69 Å². The quantitative estimate of drug-likeness (QED) is 0.801. The highest BCUT2D eigenvalue weighted by Gasteiger charge is 2.42. The van der Waals surface area contributed by atoms with E-state index in [4.69, 9.17) is 0 Å². The highest BCUT2D eigenvalue weighted by molar-refractivity contribution is 6.22. The molecule has 2 amide bonds. The summed E-state index contributed by atoms with van der Waals surface area (Å²) in [6.07, 6.45) is 0.160. The molecule has 1 unspecified atom stereocenters. The molecule has 3 rings (SSSR count). The van der Waals surface area contributed by atoms with Crippen molar-refractivity contribution in [3.8, 4) is 0 Å². The number of aromatic nitrogens is 2. The van der Waals surface area contributed by atoms with Crippen molar-refractivity contribution in [3.63, 3.8) is 0 Å². The molecule has 5 nitrogen and oxygen atoms in total. The minimum absolute atomic E-state index is 0.160. The monoisotopic (exact) mass is 311 g/mol. The summed E-state index contributed by atoms with van der Waals surface area (Å²) in [5, 5.41) is 4.38. The smallest absolute Gasteiger partial charge is 0.259 e. The predicted molar refractivity (Wildman–Crippen MR) is 88.5 cm³/mol. The van der Waals surface area contributed by atoms with Gasteiger partial charge in [-0.2, -0.15) is 5.10 Å². The van der Waals surface area contributed by atoms with E-state index in [1.165, 1.54) is 4.90 Å². The van der Waals surface area contributed by atoms with E-state index in [9.17, 15) is 9.59 Å². The lowest BCUT2D eigenvalue weighted by Crippen LogP contribution is -2.32. The van der Waals surface area contributed by atoms with Crippen LogP contribution in [0.1, 0.15) is 40.5 Å². The van der Waals surface area contributed by atoms with Crippen molar-refractivity contribution in [1.29, 1.82) is 0 Å². The Kier molecular flexibility index (Phi) is 3.59. The van der Waals surface area contributed by atoms with Gasteiger partial charge in [-0.25, -0.2) is 4.90 Å². The third-order valence-electron chi connectivity index (χ3n) is 4.32. The molecular formula is C18H21N3O2. The first-order valence-corrected chi connectivity index (χ1v) is 7.77. The Bertz CT molecular complexity index is 797.